The van der Waals surface area contributed by atoms with Gasteiger partial charge in [-0.3, -0.25) is 9.10 Å². The van der Waals surface area contributed by atoms with Gasteiger partial charge in [0.15, 0.2) is 0 Å². The van der Waals surface area contributed by atoms with E-state index in [-0.39, 0.29) is 18.0 Å². The van der Waals surface area contributed by atoms with Gasteiger partial charge in [0.25, 0.3) is 10.0 Å². The molecule has 0 spiro atoms. The van der Waals surface area contributed by atoms with E-state index in [1.807, 2.05) is 0 Å². The third-order valence-corrected chi connectivity index (χ3v) is 7.07. The van der Waals surface area contributed by atoms with Crippen LogP contribution in [0.15, 0.2) is 82.9 Å². The molecule has 7 nitrogen and oxygen atoms in total. The van der Waals surface area contributed by atoms with E-state index < -0.39 is 22.5 Å². The first-order chi connectivity index (χ1) is 15.3. The minimum atomic E-state index is -4.01. The molecule has 0 atom stereocenters. The number of amides is 1. The normalized spacial score (nSPS) is 11.1. The zero-order valence-electron chi connectivity index (χ0n) is 17.4. The predicted molar refractivity (Wildman–Crippen MR) is 125 cm³/mol. The van der Waals surface area contributed by atoms with Crippen molar-refractivity contribution >= 4 is 33.2 Å². The summed E-state index contributed by atoms with van der Waals surface area (Å²) in [5, 5.41) is 5.99. The van der Waals surface area contributed by atoms with Gasteiger partial charge >= 0.3 is 0 Å². The van der Waals surface area contributed by atoms with Crippen molar-refractivity contribution in [3.8, 4) is 0 Å². The predicted octanol–water partition coefficient (Wildman–Crippen LogP) is 4.43. The van der Waals surface area contributed by atoms with E-state index in [9.17, 15) is 18.1 Å². The van der Waals surface area contributed by atoms with Gasteiger partial charge in [-0.1, -0.05) is 65.3 Å². The number of hydrogen-bond donors (Lipinski definition) is 1. The molecule has 0 aliphatic heterocycles. The van der Waals surface area contributed by atoms with E-state index >= 15 is 0 Å². The molecular formula is C23H22ClN3O4S. The standard InChI is InChI=1S/C23H22ClN3O4S/c1-17-21(24)8-5-9-22(17)27(32(30,31)20-6-3-2-4-7-20)16-23(28)25-14-18-10-12-19(13-11-18)15-26-29/h2-13H,14-16H2,1H3,(H,25,28). The maximum atomic E-state index is 13.4. The summed E-state index contributed by atoms with van der Waals surface area (Å²) in [6, 6.07) is 19.9. The van der Waals surface area contributed by atoms with E-state index in [2.05, 4.69) is 10.5 Å². The van der Waals surface area contributed by atoms with Crippen molar-refractivity contribution in [2.45, 2.75) is 24.9 Å². The van der Waals surface area contributed by atoms with E-state index in [0.717, 1.165) is 15.4 Å². The molecule has 3 rings (SSSR count). The Morgan fingerprint density at radius 2 is 1.62 bits per heavy atom. The number of halogens is 1. The summed E-state index contributed by atoms with van der Waals surface area (Å²) in [6.07, 6.45) is 0. The van der Waals surface area contributed by atoms with Crippen LogP contribution in [0.2, 0.25) is 5.02 Å². The molecule has 0 heterocycles. The summed E-state index contributed by atoms with van der Waals surface area (Å²) in [6.45, 7) is 1.59. The van der Waals surface area contributed by atoms with Gasteiger partial charge in [-0.25, -0.2) is 8.42 Å². The fourth-order valence-corrected chi connectivity index (χ4v) is 4.78. The van der Waals surface area contributed by atoms with Crippen LogP contribution in [0.3, 0.4) is 0 Å². The lowest BCUT2D eigenvalue weighted by molar-refractivity contribution is -0.119. The lowest BCUT2D eigenvalue weighted by Gasteiger charge is -2.26. The molecule has 32 heavy (non-hydrogen) atoms. The minimum absolute atomic E-state index is 0.0755. The Morgan fingerprint density at radius 3 is 2.28 bits per heavy atom. The zero-order valence-corrected chi connectivity index (χ0v) is 18.9. The third-order valence-electron chi connectivity index (χ3n) is 4.89. The maximum absolute atomic E-state index is 13.4. The average molecular weight is 472 g/mol. The van der Waals surface area contributed by atoms with Crippen LogP contribution in [-0.2, 0) is 27.9 Å². The van der Waals surface area contributed by atoms with Crippen LogP contribution in [-0.4, -0.2) is 20.9 Å². The van der Waals surface area contributed by atoms with Crippen LogP contribution in [0.4, 0.5) is 5.69 Å². The van der Waals surface area contributed by atoms with Gasteiger partial charge in [-0.15, -0.1) is 0 Å². The molecule has 0 aliphatic carbocycles. The number of nitroso groups, excluding NO2 is 1. The van der Waals surface area contributed by atoms with Crippen molar-refractivity contribution in [3.63, 3.8) is 0 Å². The highest BCUT2D eigenvalue weighted by molar-refractivity contribution is 7.92. The van der Waals surface area contributed by atoms with Gasteiger partial charge in [-0.2, -0.15) is 4.91 Å². The number of anilines is 1. The Balaban J connectivity index is 1.83. The van der Waals surface area contributed by atoms with E-state index in [4.69, 9.17) is 11.6 Å². The lowest BCUT2D eigenvalue weighted by Crippen LogP contribution is -2.41. The lowest BCUT2D eigenvalue weighted by atomic mass is 10.1. The number of carbonyl (C=O) groups is 1. The molecule has 0 bridgehead atoms. The van der Waals surface area contributed by atoms with Crippen LogP contribution < -0.4 is 9.62 Å². The van der Waals surface area contributed by atoms with Gasteiger partial charge in [0.2, 0.25) is 5.91 Å². The molecule has 0 saturated heterocycles. The van der Waals surface area contributed by atoms with Crippen molar-refractivity contribution in [1.29, 1.82) is 0 Å². The molecule has 0 radical (unpaired) electrons. The molecule has 0 aliphatic rings. The first kappa shape index (κ1) is 23.4. The van der Waals surface area contributed by atoms with Gasteiger partial charge in [0, 0.05) is 11.6 Å². The van der Waals surface area contributed by atoms with Crippen LogP contribution in [0.1, 0.15) is 16.7 Å². The van der Waals surface area contributed by atoms with E-state index in [0.29, 0.717) is 16.3 Å². The van der Waals surface area contributed by atoms with Gasteiger partial charge in [0.1, 0.15) is 13.1 Å². The van der Waals surface area contributed by atoms with Crippen molar-refractivity contribution in [2.75, 3.05) is 10.8 Å². The molecule has 3 aromatic rings. The summed E-state index contributed by atoms with van der Waals surface area (Å²) >= 11 is 6.22. The average Bonchev–Trinajstić information content (AvgIpc) is 2.80. The third kappa shape index (κ3) is 5.52. The molecule has 9 heteroatoms. The number of carbonyl (C=O) groups excluding carboxylic acids is 1. The van der Waals surface area contributed by atoms with Crippen molar-refractivity contribution < 1.29 is 13.2 Å². The van der Waals surface area contributed by atoms with Gasteiger partial charge in [0.05, 0.1) is 10.6 Å². The van der Waals surface area contributed by atoms with Gasteiger partial charge < -0.3 is 5.32 Å². The highest BCUT2D eigenvalue weighted by atomic mass is 35.5. The number of rotatable bonds is 9. The molecule has 0 unspecified atom stereocenters. The monoisotopic (exact) mass is 471 g/mol. The Morgan fingerprint density at radius 1 is 0.969 bits per heavy atom. The first-order valence-electron chi connectivity index (χ1n) is 9.79. The first-order valence-corrected chi connectivity index (χ1v) is 11.6. The second kappa shape index (κ2) is 10.4. The smallest absolute Gasteiger partial charge is 0.264 e. The molecular weight excluding hydrogens is 450 g/mol. The summed E-state index contributed by atoms with van der Waals surface area (Å²) in [5.41, 5.74) is 2.47. The SMILES string of the molecule is Cc1c(Cl)cccc1N(CC(=O)NCc1ccc(CN=O)cc1)S(=O)(=O)c1ccccc1. The van der Waals surface area contributed by atoms with Gasteiger partial charge in [-0.05, 0) is 47.9 Å². The molecule has 0 fully saturated rings. The summed E-state index contributed by atoms with van der Waals surface area (Å²) in [4.78, 5) is 23.2. The maximum Gasteiger partial charge on any atom is 0.264 e. The number of hydrogen-bond acceptors (Lipinski definition) is 5. The Labute approximate surface area is 192 Å². The number of nitrogens with zero attached hydrogens (tertiary/aromatic N) is 2. The zero-order chi connectivity index (χ0) is 23.1. The topological polar surface area (TPSA) is 95.9 Å². The Hall–Kier alpha value is -3.23. The second-order valence-corrected chi connectivity index (χ2v) is 9.36. The van der Waals surface area contributed by atoms with Crippen LogP contribution in [0, 0.1) is 11.8 Å². The van der Waals surface area contributed by atoms with Crippen LogP contribution in [0.5, 0.6) is 0 Å². The molecule has 3 aromatic carbocycles. The highest BCUT2D eigenvalue weighted by Gasteiger charge is 2.28. The largest absolute Gasteiger partial charge is 0.350 e. The molecule has 0 saturated carbocycles. The minimum Gasteiger partial charge on any atom is -0.350 e. The van der Waals surface area contributed by atoms with Crippen molar-refractivity contribution in [2.24, 2.45) is 5.18 Å². The molecule has 166 valence electrons. The number of nitrogens with one attached hydrogen (secondary N) is 1. The Bertz CT molecular complexity index is 1200. The molecule has 1 N–H and O–H groups in total. The molecule has 1 amide bonds. The summed E-state index contributed by atoms with van der Waals surface area (Å²) in [7, 11) is -4.01. The van der Waals surface area contributed by atoms with Crippen LogP contribution >= 0.6 is 11.6 Å². The van der Waals surface area contributed by atoms with Crippen LogP contribution in [0.25, 0.3) is 0 Å². The van der Waals surface area contributed by atoms with Crippen molar-refractivity contribution in [3.05, 3.63) is 99.4 Å². The molecule has 0 aromatic heterocycles. The Kier molecular flexibility index (Phi) is 7.61. The number of sulfonamides is 1. The fourth-order valence-electron chi connectivity index (χ4n) is 3.11. The summed E-state index contributed by atoms with van der Waals surface area (Å²) in [5.74, 6) is -0.470. The van der Waals surface area contributed by atoms with Crippen molar-refractivity contribution in [1.82, 2.24) is 5.32 Å². The second-order valence-electron chi connectivity index (χ2n) is 7.09. The number of benzene rings is 3. The quantitative estimate of drug-likeness (QED) is 0.467. The summed E-state index contributed by atoms with van der Waals surface area (Å²) < 4.78 is 27.8. The highest BCUT2D eigenvalue weighted by Crippen LogP contribution is 2.30. The van der Waals surface area contributed by atoms with E-state index in [1.54, 1.807) is 67.6 Å². The fraction of sp³-hybridized carbons (Fsp3) is 0.174. The van der Waals surface area contributed by atoms with E-state index in [1.165, 1.54) is 12.1 Å².